The molecule has 0 aliphatic heterocycles. The van der Waals surface area contributed by atoms with Gasteiger partial charge in [0.1, 0.15) is 5.75 Å². The lowest BCUT2D eigenvalue weighted by atomic mass is 10.1. The van der Waals surface area contributed by atoms with Crippen LogP contribution in [-0.4, -0.2) is 15.9 Å². The van der Waals surface area contributed by atoms with Gasteiger partial charge < -0.3 is 4.74 Å². The van der Waals surface area contributed by atoms with Crippen LogP contribution in [0.5, 0.6) is 5.75 Å². The summed E-state index contributed by atoms with van der Waals surface area (Å²) in [5.74, 6) is 0.435. The first-order chi connectivity index (χ1) is 15.2. The number of aromatic nitrogens is 2. The summed E-state index contributed by atoms with van der Waals surface area (Å²) in [6.07, 6.45) is 20.0. The number of ether oxygens (including phenoxy) is 1. The summed E-state index contributed by atoms with van der Waals surface area (Å²) in [4.78, 5) is 21.1. The quantitative estimate of drug-likeness (QED) is 0.157. The van der Waals surface area contributed by atoms with E-state index in [1.165, 1.54) is 64.2 Å². The molecule has 0 unspecified atom stereocenters. The van der Waals surface area contributed by atoms with E-state index in [-0.39, 0.29) is 5.97 Å². The summed E-state index contributed by atoms with van der Waals surface area (Å²) < 4.78 is 5.44. The topological polar surface area (TPSA) is 52.1 Å². The SMILES string of the molecule is CCCCCCCCCc1cnc(-c2ccc(OC(=O)CCCCCCC)cc2)cn1. The van der Waals surface area contributed by atoms with Gasteiger partial charge in [-0.1, -0.05) is 78.1 Å². The van der Waals surface area contributed by atoms with E-state index in [0.29, 0.717) is 12.2 Å². The summed E-state index contributed by atoms with van der Waals surface area (Å²) in [7, 11) is 0. The number of rotatable bonds is 16. The van der Waals surface area contributed by atoms with Crippen LogP contribution in [0.4, 0.5) is 0 Å². The van der Waals surface area contributed by atoms with Crippen molar-refractivity contribution >= 4 is 5.97 Å². The molecule has 1 aromatic carbocycles. The maximum absolute atomic E-state index is 12.0. The third kappa shape index (κ3) is 10.6. The predicted octanol–water partition coefficient (Wildman–Crippen LogP) is 7.70. The Kier molecular flexibility index (Phi) is 12.6. The third-order valence-corrected chi connectivity index (χ3v) is 5.61. The zero-order valence-electron chi connectivity index (χ0n) is 19.6. The fraction of sp³-hybridized carbons (Fsp3) is 0.593. The number of hydrogen-bond donors (Lipinski definition) is 0. The van der Waals surface area contributed by atoms with Gasteiger partial charge in [-0.3, -0.25) is 14.8 Å². The molecule has 0 saturated heterocycles. The Labute approximate surface area is 188 Å². The lowest BCUT2D eigenvalue weighted by molar-refractivity contribution is -0.134. The second-order valence-electron chi connectivity index (χ2n) is 8.43. The molecule has 0 aliphatic carbocycles. The number of carbonyl (C=O) groups is 1. The molecule has 0 saturated carbocycles. The van der Waals surface area contributed by atoms with Crippen molar-refractivity contribution in [2.45, 2.75) is 104 Å². The smallest absolute Gasteiger partial charge is 0.311 e. The molecule has 0 spiro atoms. The van der Waals surface area contributed by atoms with Crippen molar-refractivity contribution in [1.29, 1.82) is 0 Å². The van der Waals surface area contributed by atoms with Crippen LogP contribution in [0, 0.1) is 0 Å². The van der Waals surface area contributed by atoms with E-state index in [0.717, 1.165) is 36.2 Å². The van der Waals surface area contributed by atoms with Crippen LogP contribution in [0.25, 0.3) is 11.3 Å². The minimum Gasteiger partial charge on any atom is -0.427 e. The first-order valence-corrected chi connectivity index (χ1v) is 12.3. The summed E-state index contributed by atoms with van der Waals surface area (Å²) >= 11 is 0. The molecule has 0 amide bonds. The van der Waals surface area contributed by atoms with Crippen molar-refractivity contribution in [3.8, 4) is 17.0 Å². The Morgan fingerprint density at radius 1 is 0.742 bits per heavy atom. The third-order valence-electron chi connectivity index (χ3n) is 5.61. The molecule has 0 fully saturated rings. The highest BCUT2D eigenvalue weighted by Gasteiger charge is 2.06. The molecule has 31 heavy (non-hydrogen) atoms. The number of carbonyl (C=O) groups excluding carboxylic acids is 1. The highest BCUT2D eigenvalue weighted by atomic mass is 16.5. The van der Waals surface area contributed by atoms with Crippen LogP contribution >= 0.6 is 0 Å². The van der Waals surface area contributed by atoms with Crippen molar-refractivity contribution < 1.29 is 9.53 Å². The number of nitrogens with zero attached hydrogens (tertiary/aromatic N) is 2. The van der Waals surface area contributed by atoms with Gasteiger partial charge in [-0.25, -0.2) is 0 Å². The first kappa shape index (κ1) is 25.0. The standard InChI is InChI=1S/C27H40N2O2/c1-3-5-7-9-10-12-13-15-24-21-29-26(22-28-24)23-17-19-25(20-18-23)31-27(30)16-14-11-8-6-4-2/h17-22H,3-16H2,1-2H3. The summed E-state index contributed by atoms with van der Waals surface area (Å²) in [6, 6.07) is 7.53. The highest BCUT2D eigenvalue weighted by Crippen LogP contribution is 2.21. The fourth-order valence-corrected chi connectivity index (χ4v) is 3.65. The van der Waals surface area contributed by atoms with Gasteiger partial charge in [-0.05, 0) is 43.5 Å². The Hall–Kier alpha value is -2.23. The Balaban J connectivity index is 1.71. The van der Waals surface area contributed by atoms with E-state index in [1.54, 1.807) is 0 Å². The van der Waals surface area contributed by atoms with Crippen LogP contribution in [0.1, 0.15) is 103 Å². The molecule has 0 atom stereocenters. The lowest BCUT2D eigenvalue weighted by Gasteiger charge is -2.06. The maximum Gasteiger partial charge on any atom is 0.311 e. The van der Waals surface area contributed by atoms with Crippen molar-refractivity contribution in [3.63, 3.8) is 0 Å². The van der Waals surface area contributed by atoms with E-state index in [4.69, 9.17) is 4.74 Å². The van der Waals surface area contributed by atoms with Crippen molar-refractivity contribution in [1.82, 2.24) is 9.97 Å². The highest BCUT2D eigenvalue weighted by molar-refractivity contribution is 5.72. The van der Waals surface area contributed by atoms with E-state index in [1.807, 2.05) is 36.7 Å². The number of aryl methyl sites for hydroxylation is 1. The molecular formula is C27H40N2O2. The largest absolute Gasteiger partial charge is 0.427 e. The monoisotopic (exact) mass is 424 g/mol. The fourth-order valence-electron chi connectivity index (χ4n) is 3.65. The number of unbranched alkanes of at least 4 members (excludes halogenated alkanes) is 10. The number of benzene rings is 1. The van der Waals surface area contributed by atoms with Gasteiger partial charge >= 0.3 is 5.97 Å². The first-order valence-electron chi connectivity index (χ1n) is 12.3. The number of hydrogen-bond acceptors (Lipinski definition) is 4. The van der Waals surface area contributed by atoms with Gasteiger partial charge in [-0.15, -0.1) is 0 Å². The molecule has 4 nitrogen and oxygen atoms in total. The molecule has 0 bridgehead atoms. The molecule has 0 radical (unpaired) electrons. The summed E-state index contributed by atoms with van der Waals surface area (Å²) in [6.45, 7) is 4.44. The Bertz CT molecular complexity index is 726. The van der Waals surface area contributed by atoms with Gasteiger partial charge in [0.15, 0.2) is 0 Å². The van der Waals surface area contributed by atoms with Crippen molar-refractivity contribution in [2.75, 3.05) is 0 Å². The van der Waals surface area contributed by atoms with Gasteiger partial charge in [0, 0.05) is 18.2 Å². The minimum atomic E-state index is -0.154. The zero-order valence-corrected chi connectivity index (χ0v) is 19.6. The van der Waals surface area contributed by atoms with Gasteiger partial charge in [0.2, 0.25) is 0 Å². The molecule has 4 heteroatoms. The lowest BCUT2D eigenvalue weighted by Crippen LogP contribution is -2.07. The zero-order chi connectivity index (χ0) is 22.2. The van der Waals surface area contributed by atoms with Gasteiger partial charge in [0.05, 0.1) is 17.6 Å². The number of esters is 1. The average molecular weight is 425 g/mol. The molecule has 1 heterocycles. The van der Waals surface area contributed by atoms with Gasteiger partial charge in [0.25, 0.3) is 0 Å². The van der Waals surface area contributed by atoms with E-state index >= 15 is 0 Å². The van der Waals surface area contributed by atoms with Crippen LogP contribution in [-0.2, 0) is 11.2 Å². The van der Waals surface area contributed by atoms with Crippen LogP contribution in [0.15, 0.2) is 36.7 Å². The van der Waals surface area contributed by atoms with Crippen molar-refractivity contribution in [2.24, 2.45) is 0 Å². The maximum atomic E-state index is 12.0. The average Bonchev–Trinajstić information content (AvgIpc) is 2.79. The molecule has 2 rings (SSSR count). The van der Waals surface area contributed by atoms with Crippen LogP contribution in [0.2, 0.25) is 0 Å². The normalized spacial score (nSPS) is 10.9. The van der Waals surface area contributed by atoms with Crippen LogP contribution < -0.4 is 4.74 Å². The Morgan fingerprint density at radius 3 is 1.97 bits per heavy atom. The van der Waals surface area contributed by atoms with Crippen LogP contribution in [0.3, 0.4) is 0 Å². The van der Waals surface area contributed by atoms with Gasteiger partial charge in [-0.2, -0.15) is 0 Å². The molecule has 1 aromatic heterocycles. The Morgan fingerprint density at radius 2 is 1.35 bits per heavy atom. The molecule has 170 valence electrons. The van der Waals surface area contributed by atoms with E-state index in [2.05, 4.69) is 23.8 Å². The van der Waals surface area contributed by atoms with E-state index < -0.39 is 0 Å². The van der Waals surface area contributed by atoms with Crippen molar-refractivity contribution in [3.05, 3.63) is 42.4 Å². The molecule has 0 aliphatic rings. The summed E-state index contributed by atoms with van der Waals surface area (Å²) in [5.41, 5.74) is 2.88. The predicted molar refractivity (Wildman–Crippen MR) is 128 cm³/mol. The minimum absolute atomic E-state index is 0.154. The second kappa shape index (κ2) is 15.6. The second-order valence-corrected chi connectivity index (χ2v) is 8.43. The van der Waals surface area contributed by atoms with E-state index in [9.17, 15) is 4.79 Å². The summed E-state index contributed by atoms with van der Waals surface area (Å²) in [5, 5.41) is 0. The molecule has 0 N–H and O–H groups in total. The molecule has 2 aromatic rings. The molecular weight excluding hydrogens is 384 g/mol.